The van der Waals surface area contributed by atoms with Crippen molar-refractivity contribution >= 4 is 0 Å². The lowest BCUT2D eigenvalue weighted by molar-refractivity contribution is 0.414. The molecule has 3 nitrogen and oxygen atoms in total. The van der Waals surface area contributed by atoms with Gasteiger partial charge in [-0.15, -0.1) is 0 Å². The van der Waals surface area contributed by atoms with Gasteiger partial charge < -0.3 is 4.74 Å². The highest BCUT2D eigenvalue weighted by molar-refractivity contribution is 5.38. The molecule has 25 heavy (non-hydrogen) atoms. The van der Waals surface area contributed by atoms with Gasteiger partial charge in [-0.3, -0.25) is 9.36 Å². The Hall–Kier alpha value is -2.81. The molecule has 0 aliphatic carbocycles. The van der Waals surface area contributed by atoms with Crippen LogP contribution in [0.4, 0.5) is 0 Å². The van der Waals surface area contributed by atoms with E-state index in [1.165, 1.54) is 5.56 Å². The molecule has 0 saturated heterocycles. The molecule has 0 radical (unpaired) electrons. The Balaban J connectivity index is 1.76. The molecule has 1 heterocycles. The van der Waals surface area contributed by atoms with Crippen molar-refractivity contribution in [3.8, 4) is 11.4 Å². The van der Waals surface area contributed by atoms with E-state index >= 15 is 0 Å². The summed E-state index contributed by atoms with van der Waals surface area (Å²) < 4.78 is 6.87. The van der Waals surface area contributed by atoms with Crippen molar-refractivity contribution in [2.24, 2.45) is 0 Å². The van der Waals surface area contributed by atoms with Crippen LogP contribution in [0.5, 0.6) is 5.75 Å². The third-order valence-electron chi connectivity index (χ3n) is 4.56. The first-order valence-corrected chi connectivity index (χ1v) is 8.58. The van der Waals surface area contributed by atoms with E-state index in [1.807, 2.05) is 42.6 Å². The lowest BCUT2D eigenvalue weighted by atomic mass is 9.94. The Bertz CT molecular complexity index is 867. The van der Waals surface area contributed by atoms with Gasteiger partial charge in [0, 0.05) is 18.0 Å². The molecule has 1 atom stereocenters. The van der Waals surface area contributed by atoms with Crippen LogP contribution < -0.4 is 10.3 Å². The summed E-state index contributed by atoms with van der Waals surface area (Å²) in [7, 11) is 1.63. The first-order chi connectivity index (χ1) is 12.2. The van der Waals surface area contributed by atoms with Crippen molar-refractivity contribution in [3.05, 3.63) is 94.4 Å². The van der Waals surface area contributed by atoms with Gasteiger partial charge in [0.15, 0.2) is 0 Å². The normalized spacial score (nSPS) is 11.9. The maximum Gasteiger partial charge on any atom is 0.255 e. The third-order valence-corrected chi connectivity index (χ3v) is 4.56. The number of aryl methyl sites for hydroxylation is 1. The second-order valence-electron chi connectivity index (χ2n) is 6.29. The van der Waals surface area contributed by atoms with E-state index in [4.69, 9.17) is 4.74 Å². The zero-order valence-corrected chi connectivity index (χ0v) is 14.7. The van der Waals surface area contributed by atoms with Crippen LogP contribution in [-0.2, 0) is 6.42 Å². The third kappa shape index (κ3) is 4.18. The molecule has 0 saturated carbocycles. The molecule has 0 amide bonds. The monoisotopic (exact) mass is 333 g/mol. The number of aromatic nitrogens is 1. The van der Waals surface area contributed by atoms with Gasteiger partial charge in [-0.25, -0.2) is 0 Å². The SMILES string of the molecule is COc1ccc(-n2cc(CC[C@H](C)c3ccccc3)ccc2=O)cc1. The quantitative estimate of drug-likeness (QED) is 0.661. The highest BCUT2D eigenvalue weighted by atomic mass is 16.5. The topological polar surface area (TPSA) is 31.2 Å². The van der Waals surface area contributed by atoms with Gasteiger partial charge in [0.2, 0.25) is 0 Å². The Morgan fingerprint density at radius 3 is 2.36 bits per heavy atom. The summed E-state index contributed by atoms with van der Waals surface area (Å²) in [5, 5.41) is 0. The molecular formula is C22H23NO2. The summed E-state index contributed by atoms with van der Waals surface area (Å²) in [6, 6.07) is 21.6. The zero-order valence-electron chi connectivity index (χ0n) is 14.7. The molecule has 0 bridgehead atoms. The van der Waals surface area contributed by atoms with Crippen LogP contribution in [0.1, 0.15) is 30.4 Å². The molecule has 0 N–H and O–H groups in total. The molecule has 128 valence electrons. The number of nitrogens with zero attached hydrogens (tertiary/aromatic N) is 1. The molecular weight excluding hydrogens is 310 g/mol. The number of rotatable bonds is 6. The van der Waals surface area contributed by atoms with E-state index in [-0.39, 0.29) is 5.56 Å². The van der Waals surface area contributed by atoms with E-state index in [9.17, 15) is 4.79 Å². The van der Waals surface area contributed by atoms with Gasteiger partial charge in [-0.05, 0) is 54.2 Å². The van der Waals surface area contributed by atoms with Crippen LogP contribution in [-0.4, -0.2) is 11.7 Å². The van der Waals surface area contributed by atoms with Crippen molar-refractivity contribution in [2.75, 3.05) is 7.11 Å². The van der Waals surface area contributed by atoms with Crippen LogP contribution >= 0.6 is 0 Å². The summed E-state index contributed by atoms with van der Waals surface area (Å²) in [5.74, 6) is 1.27. The molecule has 0 fully saturated rings. The smallest absolute Gasteiger partial charge is 0.255 e. The molecule has 3 heteroatoms. The van der Waals surface area contributed by atoms with E-state index in [0.29, 0.717) is 5.92 Å². The maximum absolute atomic E-state index is 12.2. The Morgan fingerprint density at radius 1 is 0.960 bits per heavy atom. The highest BCUT2D eigenvalue weighted by Gasteiger charge is 2.07. The fourth-order valence-corrected chi connectivity index (χ4v) is 2.95. The van der Waals surface area contributed by atoms with Crippen molar-refractivity contribution < 1.29 is 4.74 Å². The number of methoxy groups -OCH3 is 1. The van der Waals surface area contributed by atoms with Crippen molar-refractivity contribution in [3.63, 3.8) is 0 Å². The molecule has 3 aromatic rings. The Morgan fingerprint density at radius 2 is 1.68 bits per heavy atom. The van der Waals surface area contributed by atoms with Gasteiger partial charge in [0.1, 0.15) is 5.75 Å². The predicted molar refractivity (Wildman–Crippen MR) is 102 cm³/mol. The molecule has 0 aliphatic heterocycles. The lowest BCUT2D eigenvalue weighted by Gasteiger charge is -2.13. The fourth-order valence-electron chi connectivity index (χ4n) is 2.95. The predicted octanol–water partition coefficient (Wildman–Crippen LogP) is 4.58. The minimum atomic E-state index is -0.0231. The van der Waals surface area contributed by atoms with E-state index in [2.05, 4.69) is 31.2 Å². The van der Waals surface area contributed by atoms with Crippen molar-refractivity contribution in [2.45, 2.75) is 25.7 Å². The van der Waals surface area contributed by atoms with E-state index in [1.54, 1.807) is 17.7 Å². The van der Waals surface area contributed by atoms with Crippen LogP contribution in [0.25, 0.3) is 5.69 Å². The lowest BCUT2D eigenvalue weighted by Crippen LogP contribution is -2.17. The number of hydrogen-bond donors (Lipinski definition) is 0. The molecule has 0 unspecified atom stereocenters. The van der Waals surface area contributed by atoms with Gasteiger partial charge in [-0.1, -0.05) is 43.3 Å². The second-order valence-corrected chi connectivity index (χ2v) is 6.29. The summed E-state index contributed by atoms with van der Waals surface area (Å²) in [6.07, 6.45) is 3.93. The first-order valence-electron chi connectivity index (χ1n) is 8.58. The minimum Gasteiger partial charge on any atom is -0.497 e. The minimum absolute atomic E-state index is 0.0231. The summed E-state index contributed by atoms with van der Waals surface area (Å²) in [4.78, 5) is 12.2. The van der Waals surface area contributed by atoms with E-state index < -0.39 is 0 Å². The summed E-state index contributed by atoms with van der Waals surface area (Å²) in [5.41, 5.74) is 3.35. The molecule has 0 spiro atoms. The van der Waals surface area contributed by atoms with Crippen LogP contribution in [0.2, 0.25) is 0 Å². The average Bonchev–Trinajstić information content (AvgIpc) is 2.68. The molecule has 1 aromatic heterocycles. The van der Waals surface area contributed by atoms with E-state index in [0.717, 1.165) is 29.8 Å². The average molecular weight is 333 g/mol. The van der Waals surface area contributed by atoms with Crippen LogP contribution in [0.15, 0.2) is 77.7 Å². The molecule has 2 aromatic carbocycles. The van der Waals surface area contributed by atoms with Gasteiger partial charge >= 0.3 is 0 Å². The number of benzene rings is 2. The zero-order chi connectivity index (χ0) is 17.6. The van der Waals surface area contributed by atoms with Gasteiger partial charge in [-0.2, -0.15) is 0 Å². The Kier molecular flexibility index (Phi) is 5.34. The van der Waals surface area contributed by atoms with Crippen molar-refractivity contribution in [1.82, 2.24) is 4.57 Å². The number of hydrogen-bond acceptors (Lipinski definition) is 2. The summed E-state index contributed by atoms with van der Waals surface area (Å²) in [6.45, 7) is 2.24. The molecule has 0 aliphatic rings. The van der Waals surface area contributed by atoms with Crippen LogP contribution in [0.3, 0.4) is 0 Å². The highest BCUT2D eigenvalue weighted by Crippen LogP contribution is 2.21. The van der Waals surface area contributed by atoms with Crippen molar-refractivity contribution in [1.29, 1.82) is 0 Å². The Labute approximate surface area is 148 Å². The number of ether oxygens (including phenoxy) is 1. The number of pyridine rings is 1. The van der Waals surface area contributed by atoms with Gasteiger partial charge in [0.25, 0.3) is 5.56 Å². The van der Waals surface area contributed by atoms with Gasteiger partial charge in [0.05, 0.1) is 7.11 Å². The standard InChI is InChI=1S/C22H23NO2/c1-17(19-6-4-3-5-7-19)8-9-18-10-15-22(24)23(16-18)20-11-13-21(25-2)14-12-20/h3-7,10-17H,8-9H2,1-2H3/t17-/m0/s1. The summed E-state index contributed by atoms with van der Waals surface area (Å²) >= 11 is 0. The first kappa shape index (κ1) is 17.0. The van der Waals surface area contributed by atoms with Crippen LogP contribution in [0, 0.1) is 0 Å². The second kappa shape index (κ2) is 7.84. The molecule has 3 rings (SSSR count). The fraction of sp³-hybridized carbons (Fsp3) is 0.227. The maximum atomic E-state index is 12.2. The largest absolute Gasteiger partial charge is 0.497 e.